The third-order valence-electron chi connectivity index (χ3n) is 5.91. The molecule has 1 saturated heterocycles. The summed E-state index contributed by atoms with van der Waals surface area (Å²) in [5.41, 5.74) is 1.08. The third kappa shape index (κ3) is 3.88. The summed E-state index contributed by atoms with van der Waals surface area (Å²) in [7, 11) is 0. The van der Waals surface area contributed by atoms with Gasteiger partial charge in [0.1, 0.15) is 11.4 Å². The largest absolute Gasteiger partial charge is 0.341 e. The summed E-state index contributed by atoms with van der Waals surface area (Å²) in [5.74, 6) is 0.0207. The van der Waals surface area contributed by atoms with E-state index in [4.69, 9.17) is 0 Å². The van der Waals surface area contributed by atoms with Gasteiger partial charge in [-0.1, -0.05) is 6.07 Å². The number of aromatic nitrogens is 3. The normalized spacial score (nSPS) is 19.5. The van der Waals surface area contributed by atoms with Crippen LogP contribution in [0.1, 0.15) is 33.4 Å². The van der Waals surface area contributed by atoms with Gasteiger partial charge in [-0.05, 0) is 35.9 Å². The molecule has 0 spiro atoms. The van der Waals surface area contributed by atoms with Gasteiger partial charge in [-0.25, -0.2) is 4.98 Å². The van der Waals surface area contributed by atoms with Crippen LogP contribution in [-0.2, 0) is 17.8 Å². The van der Waals surface area contributed by atoms with E-state index in [-0.39, 0.29) is 34.7 Å². The predicted octanol–water partition coefficient (Wildman–Crippen LogP) is 2.14. The summed E-state index contributed by atoms with van der Waals surface area (Å²) in [6.45, 7) is 1.82. The van der Waals surface area contributed by atoms with E-state index in [1.807, 2.05) is 28.5 Å². The van der Waals surface area contributed by atoms with Crippen LogP contribution in [0.15, 0.2) is 53.0 Å². The Hall–Kier alpha value is -3.33. The molecule has 2 bridgehead atoms. The molecule has 1 fully saturated rings. The maximum atomic E-state index is 13.1. The fourth-order valence-corrected chi connectivity index (χ4v) is 5.22. The van der Waals surface area contributed by atoms with Crippen LogP contribution >= 0.6 is 11.3 Å². The van der Waals surface area contributed by atoms with Gasteiger partial charge in [0, 0.05) is 48.5 Å². The Morgan fingerprint density at radius 2 is 2.06 bits per heavy atom. The smallest absolute Gasteiger partial charge is 0.276 e. The number of nitrogens with one attached hydrogen (secondary N) is 1. The second-order valence-electron chi connectivity index (χ2n) is 7.99. The highest BCUT2D eigenvalue weighted by Crippen LogP contribution is 2.35. The quantitative estimate of drug-likeness (QED) is 0.677. The molecule has 8 nitrogen and oxygen atoms in total. The molecule has 3 aromatic rings. The molecule has 0 saturated carbocycles. The van der Waals surface area contributed by atoms with Crippen LogP contribution in [-0.4, -0.2) is 44.3 Å². The molecule has 3 aromatic heterocycles. The fraction of sp³-hybridized carbons (Fsp3) is 0.318. The number of likely N-dealkylation sites (tertiary alicyclic amines) is 1. The van der Waals surface area contributed by atoms with E-state index in [0.29, 0.717) is 26.1 Å². The van der Waals surface area contributed by atoms with Gasteiger partial charge >= 0.3 is 0 Å². The predicted molar refractivity (Wildman–Crippen MR) is 116 cm³/mol. The van der Waals surface area contributed by atoms with Gasteiger partial charge in [-0.2, -0.15) is 0 Å². The molecule has 5 rings (SSSR count). The molecule has 9 heteroatoms. The molecule has 2 aliphatic heterocycles. The van der Waals surface area contributed by atoms with Crippen LogP contribution in [0.4, 0.5) is 5.69 Å². The zero-order valence-electron chi connectivity index (χ0n) is 16.7. The lowest BCUT2D eigenvalue weighted by atomic mass is 9.83. The Morgan fingerprint density at radius 3 is 2.84 bits per heavy atom. The average molecular weight is 436 g/mol. The number of hydrogen-bond acceptors (Lipinski definition) is 6. The van der Waals surface area contributed by atoms with Crippen molar-refractivity contribution in [2.45, 2.75) is 25.3 Å². The summed E-state index contributed by atoms with van der Waals surface area (Å²) in [6.07, 6.45) is 5.67. The minimum atomic E-state index is -0.466. The number of nitrogens with zero attached hydrogens (tertiary/aromatic N) is 4. The highest BCUT2D eigenvalue weighted by atomic mass is 32.1. The second kappa shape index (κ2) is 8.07. The van der Waals surface area contributed by atoms with E-state index >= 15 is 0 Å². The van der Waals surface area contributed by atoms with E-state index in [1.165, 1.54) is 18.6 Å². The van der Waals surface area contributed by atoms with Crippen LogP contribution < -0.4 is 10.9 Å². The monoisotopic (exact) mass is 435 g/mol. The van der Waals surface area contributed by atoms with Gasteiger partial charge in [0.15, 0.2) is 0 Å². The van der Waals surface area contributed by atoms with Gasteiger partial charge in [-0.3, -0.25) is 19.4 Å². The standard InChI is InChI=1S/C22H21N5O3S/c28-20(9-16-2-1-7-31-16)26-11-14-8-15(13-26)19-4-3-17(22(30)27(19)12-14)25-21(29)18-10-23-5-6-24-18/h1-7,10,14-15H,8-9,11-13H2,(H,25,29)/t14-,15+/m0/s1. The molecule has 2 amide bonds. The van der Waals surface area contributed by atoms with Gasteiger partial charge in [-0.15, -0.1) is 11.3 Å². The lowest BCUT2D eigenvalue weighted by Crippen LogP contribution is -2.49. The summed E-state index contributed by atoms with van der Waals surface area (Å²) in [5, 5.41) is 4.64. The highest BCUT2D eigenvalue weighted by Gasteiger charge is 2.36. The van der Waals surface area contributed by atoms with E-state index in [0.717, 1.165) is 17.0 Å². The number of thiophene rings is 1. The molecule has 0 aliphatic carbocycles. The minimum Gasteiger partial charge on any atom is -0.341 e. The molecule has 2 aliphatic rings. The fourth-order valence-electron chi connectivity index (χ4n) is 4.52. The second-order valence-corrected chi connectivity index (χ2v) is 9.02. The molecular weight excluding hydrogens is 414 g/mol. The van der Waals surface area contributed by atoms with Gasteiger partial charge in [0.05, 0.1) is 12.6 Å². The highest BCUT2D eigenvalue weighted by molar-refractivity contribution is 7.10. The molecule has 0 unspecified atom stereocenters. The van der Waals surface area contributed by atoms with Crippen molar-refractivity contribution in [1.82, 2.24) is 19.4 Å². The van der Waals surface area contributed by atoms with Gasteiger partial charge < -0.3 is 14.8 Å². The molecular formula is C22H21N5O3S. The maximum Gasteiger partial charge on any atom is 0.276 e. The minimum absolute atomic E-state index is 0.122. The van der Waals surface area contributed by atoms with E-state index < -0.39 is 5.91 Å². The lowest BCUT2D eigenvalue weighted by molar-refractivity contribution is -0.133. The van der Waals surface area contributed by atoms with Gasteiger partial charge in [0.2, 0.25) is 5.91 Å². The molecule has 158 valence electrons. The maximum absolute atomic E-state index is 13.1. The molecule has 1 N–H and O–H groups in total. The first-order chi connectivity index (χ1) is 15.1. The van der Waals surface area contributed by atoms with Crippen molar-refractivity contribution < 1.29 is 9.59 Å². The van der Waals surface area contributed by atoms with Crippen LogP contribution in [0, 0.1) is 5.92 Å². The van der Waals surface area contributed by atoms with Crippen molar-refractivity contribution >= 4 is 28.8 Å². The molecule has 2 atom stereocenters. The van der Waals surface area contributed by atoms with Crippen LogP contribution in [0.5, 0.6) is 0 Å². The zero-order chi connectivity index (χ0) is 21.4. The van der Waals surface area contributed by atoms with Crippen molar-refractivity contribution in [3.63, 3.8) is 0 Å². The van der Waals surface area contributed by atoms with E-state index in [1.54, 1.807) is 22.0 Å². The molecule has 5 heterocycles. The van der Waals surface area contributed by atoms with Crippen molar-refractivity contribution in [1.29, 1.82) is 0 Å². The number of anilines is 1. The Labute approximate surface area is 182 Å². The van der Waals surface area contributed by atoms with Crippen molar-refractivity contribution in [3.8, 4) is 0 Å². The zero-order valence-corrected chi connectivity index (χ0v) is 17.5. The SMILES string of the molecule is O=C(Nc1ccc2n(c1=O)C[C@H]1C[C@@H]2CN(C(=O)Cc2cccs2)C1)c1cnccn1. The summed E-state index contributed by atoms with van der Waals surface area (Å²) in [6, 6.07) is 7.48. The van der Waals surface area contributed by atoms with Crippen LogP contribution in [0.2, 0.25) is 0 Å². The molecule has 0 radical (unpaired) electrons. The van der Waals surface area contributed by atoms with Gasteiger partial charge in [0.25, 0.3) is 11.5 Å². The van der Waals surface area contributed by atoms with Crippen molar-refractivity contribution in [3.05, 3.63) is 74.9 Å². The Kier molecular flexibility index (Phi) is 5.11. The Bertz CT molecular complexity index is 1180. The summed E-state index contributed by atoms with van der Waals surface area (Å²) < 4.78 is 1.76. The Morgan fingerprint density at radius 1 is 1.16 bits per heavy atom. The van der Waals surface area contributed by atoms with E-state index in [9.17, 15) is 14.4 Å². The lowest BCUT2D eigenvalue weighted by Gasteiger charge is -2.43. The average Bonchev–Trinajstić information content (AvgIpc) is 3.29. The van der Waals surface area contributed by atoms with Crippen molar-refractivity contribution in [2.75, 3.05) is 18.4 Å². The summed E-state index contributed by atoms with van der Waals surface area (Å²) >= 11 is 1.60. The van der Waals surface area contributed by atoms with E-state index in [2.05, 4.69) is 15.3 Å². The number of carbonyl (C=O) groups is 2. The first kappa shape index (κ1) is 19.6. The number of piperidine rings is 1. The number of pyridine rings is 1. The molecule has 0 aromatic carbocycles. The Balaban J connectivity index is 1.35. The van der Waals surface area contributed by atoms with Crippen LogP contribution in [0.25, 0.3) is 0 Å². The summed E-state index contributed by atoms with van der Waals surface area (Å²) in [4.78, 5) is 49.1. The topological polar surface area (TPSA) is 97.2 Å². The van der Waals surface area contributed by atoms with Crippen molar-refractivity contribution in [2.24, 2.45) is 5.92 Å². The number of amides is 2. The molecule has 31 heavy (non-hydrogen) atoms. The number of rotatable bonds is 4. The number of fused-ring (bicyclic) bond motifs is 4. The number of hydrogen-bond donors (Lipinski definition) is 1. The third-order valence-corrected chi connectivity index (χ3v) is 6.78. The number of carbonyl (C=O) groups excluding carboxylic acids is 2. The first-order valence-electron chi connectivity index (χ1n) is 10.2. The first-order valence-corrected chi connectivity index (χ1v) is 11.1. The van der Waals surface area contributed by atoms with Crippen LogP contribution in [0.3, 0.4) is 0 Å².